The zero-order valence-corrected chi connectivity index (χ0v) is 9.83. The van der Waals surface area contributed by atoms with Crippen LogP contribution in [0.15, 0.2) is 30.3 Å². The zero-order chi connectivity index (χ0) is 10.9. The minimum Gasteiger partial charge on any atom is -0.494 e. The fraction of sp³-hybridized carbons (Fsp3) is 0.500. The van der Waals surface area contributed by atoms with Gasteiger partial charge in [0.2, 0.25) is 0 Å². The highest BCUT2D eigenvalue weighted by Crippen LogP contribution is 2.09. The lowest BCUT2D eigenvalue weighted by atomic mass is 10.1. The number of thiol groups is 1. The SMILES string of the molecule is N[C@H](CS)CCCCOc1ccccc1. The van der Waals surface area contributed by atoms with Crippen LogP contribution in [0.5, 0.6) is 5.75 Å². The van der Waals surface area contributed by atoms with E-state index in [9.17, 15) is 0 Å². The van der Waals surface area contributed by atoms with Crippen LogP contribution in [-0.2, 0) is 0 Å². The Bertz CT molecular complexity index is 253. The second-order valence-electron chi connectivity index (χ2n) is 3.60. The van der Waals surface area contributed by atoms with Gasteiger partial charge in [-0.1, -0.05) is 18.2 Å². The van der Waals surface area contributed by atoms with Crippen LogP contribution in [0.2, 0.25) is 0 Å². The van der Waals surface area contributed by atoms with Crippen LogP contribution < -0.4 is 10.5 Å². The molecule has 0 aliphatic rings. The third-order valence-corrected chi connectivity index (χ3v) is 2.68. The van der Waals surface area contributed by atoms with Gasteiger partial charge in [0.25, 0.3) is 0 Å². The third kappa shape index (κ3) is 5.70. The highest BCUT2D eigenvalue weighted by molar-refractivity contribution is 7.80. The van der Waals surface area contributed by atoms with Crippen molar-refractivity contribution in [1.82, 2.24) is 0 Å². The molecule has 0 bridgehead atoms. The van der Waals surface area contributed by atoms with Gasteiger partial charge in [0.1, 0.15) is 5.75 Å². The summed E-state index contributed by atoms with van der Waals surface area (Å²) in [6, 6.07) is 10.1. The average molecular weight is 225 g/mol. The number of benzene rings is 1. The van der Waals surface area contributed by atoms with E-state index >= 15 is 0 Å². The zero-order valence-electron chi connectivity index (χ0n) is 8.93. The van der Waals surface area contributed by atoms with Crippen molar-refractivity contribution in [3.8, 4) is 5.75 Å². The van der Waals surface area contributed by atoms with Crippen LogP contribution in [0.4, 0.5) is 0 Å². The molecule has 1 aromatic carbocycles. The summed E-state index contributed by atoms with van der Waals surface area (Å²) in [6.07, 6.45) is 3.19. The minimum atomic E-state index is 0.227. The van der Waals surface area contributed by atoms with Gasteiger partial charge < -0.3 is 10.5 Å². The average Bonchev–Trinajstić information content (AvgIpc) is 2.29. The summed E-state index contributed by atoms with van der Waals surface area (Å²) in [5, 5.41) is 0. The van der Waals surface area contributed by atoms with Gasteiger partial charge >= 0.3 is 0 Å². The molecule has 0 aliphatic heterocycles. The maximum absolute atomic E-state index is 5.75. The Balaban J connectivity index is 2.03. The molecule has 0 spiro atoms. The summed E-state index contributed by atoms with van der Waals surface area (Å²) in [4.78, 5) is 0. The largest absolute Gasteiger partial charge is 0.494 e. The van der Waals surface area contributed by atoms with Gasteiger partial charge in [-0.05, 0) is 31.4 Å². The van der Waals surface area contributed by atoms with Crippen molar-refractivity contribution in [2.75, 3.05) is 12.4 Å². The molecule has 0 saturated carbocycles. The van der Waals surface area contributed by atoms with Crippen LogP contribution in [0.1, 0.15) is 19.3 Å². The monoisotopic (exact) mass is 225 g/mol. The molecule has 1 rings (SSSR count). The number of hydrogen-bond acceptors (Lipinski definition) is 3. The second kappa shape index (κ2) is 7.60. The molecule has 15 heavy (non-hydrogen) atoms. The van der Waals surface area contributed by atoms with E-state index in [2.05, 4.69) is 12.6 Å². The summed E-state index contributed by atoms with van der Waals surface area (Å²) in [5.41, 5.74) is 5.75. The van der Waals surface area contributed by atoms with Gasteiger partial charge in [0.05, 0.1) is 6.61 Å². The molecule has 2 nitrogen and oxygen atoms in total. The first-order valence-corrected chi connectivity index (χ1v) is 6.00. The molecule has 0 heterocycles. The molecular weight excluding hydrogens is 206 g/mol. The smallest absolute Gasteiger partial charge is 0.119 e. The fourth-order valence-corrected chi connectivity index (χ4v) is 1.49. The number of rotatable bonds is 7. The summed E-state index contributed by atoms with van der Waals surface area (Å²) in [5.74, 6) is 1.70. The van der Waals surface area contributed by atoms with Crippen LogP contribution >= 0.6 is 12.6 Å². The lowest BCUT2D eigenvalue weighted by Crippen LogP contribution is -2.21. The predicted octanol–water partition coefficient (Wildman–Crippen LogP) is 2.49. The van der Waals surface area contributed by atoms with E-state index in [-0.39, 0.29) is 6.04 Å². The summed E-state index contributed by atoms with van der Waals surface area (Å²) >= 11 is 4.14. The molecule has 0 aliphatic carbocycles. The van der Waals surface area contributed by atoms with Crippen molar-refractivity contribution in [3.63, 3.8) is 0 Å². The summed E-state index contributed by atoms with van der Waals surface area (Å²) in [7, 11) is 0. The molecule has 1 aromatic rings. The number of unbranched alkanes of at least 4 members (excludes halogenated alkanes) is 1. The van der Waals surface area contributed by atoms with Crippen molar-refractivity contribution >= 4 is 12.6 Å². The van der Waals surface area contributed by atoms with Gasteiger partial charge in [-0.3, -0.25) is 0 Å². The van der Waals surface area contributed by atoms with Gasteiger partial charge in [-0.25, -0.2) is 0 Å². The molecule has 3 heteroatoms. The molecule has 0 aromatic heterocycles. The van der Waals surface area contributed by atoms with E-state index in [0.29, 0.717) is 0 Å². The van der Waals surface area contributed by atoms with E-state index in [1.54, 1.807) is 0 Å². The standard InChI is InChI=1S/C12H19NOS/c13-11(10-15)6-4-5-9-14-12-7-2-1-3-8-12/h1-3,7-8,11,15H,4-6,9-10,13H2/t11-/m0/s1. The van der Waals surface area contributed by atoms with Crippen LogP contribution in [-0.4, -0.2) is 18.4 Å². The lowest BCUT2D eigenvalue weighted by Gasteiger charge is -2.08. The Morgan fingerprint density at radius 3 is 2.60 bits per heavy atom. The Morgan fingerprint density at radius 2 is 1.93 bits per heavy atom. The normalized spacial score (nSPS) is 12.4. The fourth-order valence-electron chi connectivity index (χ4n) is 1.31. The van der Waals surface area contributed by atoms with Crippen molar-refractivity contribution in [2.45, 2.75) is 25.3 Å². The Hall–Kier alpha value is -0.670. The maximum atomic E-state index is 5.75. The van der Waals surface area contributed by atoms with Crippen molar-refractivity contribution < 1.29 is 4.74 Å². The number of hydrogen-bond donors (Lipinski definition) is 2. The van der Waals surface area contributed by atoms with Crippen molar-refractivity contribution in [1.29, 1.82) is 0 Å². The molecule has 0 saturated heterocycles. The van der Waals surface area contributed by atoms with E-state index in [0.717, 1.165) is 37.4 Å². The number of nitrogens with two attached hydrogens (primary N) is 1. The Kier molecular flexibility index (Phi) is 6.28. The second-order valence-corrected chi connectivity index (χ2v) is 3.97. The van der Waals surface area contributed by atoms with Crippen LogP contribution in [0.25, 0.3) is 0 Å². The quantitative estimate of drug-likeness (QED) is 0.552. The first kappa shape index (κ1) is 12.4. The molecule has 0 radical (unpaired) electrons. The maximum Gasteiger partial charge on any atom is 0.119 e. The molecular formula is C12H19NOS. The lowest BCUT2D eigenvalue weighted by molar-refractivity contribution is 0.304. The van der Waals surface area contributed by atoms with E-state index in [4.69, 9.17) is 10.5 Å². The third-order valence-electron chi connectivity index (χ3n) is 2.22. The van der Waals surface area contributed by atoms with E-state index in [1.807, 2.05) is 30.3 Å². The van der Waals surface area contributed by atoms with Crippen molar-refractivity contribution in [3.05, 3.63) is 30.3 Å². The first-order chi connectivity index (χ1) is 7.33. The molecule has 1 atom stereocenters. The molecule has 0 amide bonds. The summed E-state index contributed by atoms with van der Waals surface area (Å²) < 4.78 is 5.56. The topological polar surface area (TPSA) is 35.2 Å². The van der Waals surface area contributed by atoms with Crippen LogP contribution in [0.3, 0.4) is 0 Å². The molecule has 0 fully saturated rings. The minimum absolute atomic E-state index is 0.227. The Labute approximate surface area is 97.2 Å². The molecule has 0 unspecified atom stereocenters. The van der Waals surface area contributed by atoms with E-state index < -0.39 is 0 Å². The van der Waals surface area contributed by atoms with Crippen molar-refractivity contribution in [2.24, 2.45) is 5.73 Å². The molecule has 2 N–H and O–H groups in total. The van der Waals surface area contributed by atoms with Crippen LogP contribution in [0, 0.1) is 0 Å². The summed E-state index contributed by atoms with van der Waals surface area (Å²) in [6.45, 7) is 0.767. The van der Waals surface area contributed by atoms with Gasteiger partial charge in [-0.2, -0.15) is 12.6 Å². The van der Waals surface area contributed by atoms with Gasteiger partial charge in [0.15, 0.2) is 0 Å². The highest BCUT2D eigenvalue weighted by Gasteiger charge is 1.98. The highest BCUT2D eigenvalue weighted by atomic mass is 32.1. The number of ether oxygens (including phenoxy) is 1. The van der Waals surface area contributed by atoms with E-state index in [1.165, 1.54) is 0 Å². The first-order valence-electron chi connectivity index (χ1n) is 5.37. The molecule has 84 valence electrons. The van der Waals surface area contributed by atoms with Gasteiger partial charge in [0, 0.05) is 11.8 Å². The van der Waals surface area contributed by atoms with Gasteiger partial charge in [-0.15, -0.1) is 0 Å². The number of para-hydroxylation sites is 1. The Morgan fingerprint density at radius 1 is 1.20 bits per heavy atom. The predicted molar refractivity (Wildman–Crippen MR) is 67.6 cm³/mol.